The molecule has 1 saturated heterocycles. The van der Waals surface area contributed by atoms with Crippen molar-refractivity contribution in [1.82, 2.24) is 19.9 Å². The second kappa shape index (κ2) is 7.91. The van der Waals surface area contributed by atoms with Gasteiger partial charge in [-0.2, -0.15) is 10.4 Å². The number of carbonyl (C=O) groups excluding carboxylic acids is 1. The monoisotopic (exact) mass is 407 g/mol. The van der Waals surface area contributed by atoms with Gasteiger partial charge in [0.1, 0.15) is 23.3 Å². The van der Waals surface area contributed by atoms with E-state index in [-0.39, 0.29) is 17.9 Å². The zero-order chi connectivity index (χ0) is 21.3. The Morgan fingerprint density at radius 1 is 1.30 bits per heavy atom. The van der Waals surface area contributed by atoms with Gasteiger partial charge in [-0.1, -0.05) is 0 Å². The first kappa shape index (κ1) is 19.5. The SMILES string of the molecule is COc1ccc(-c2cn3ncc(C#N)c3c(OC(C)[C@H]3CNC(=O)C3)n2)cc1OC. The summed E-state index contributed by atoms with van der Waals surface area (Å²) in [5.41, 5.74) is 2.23. The van der Waals surface area contributed by atoms with E-state index in [0.717, 1.165) is 5.56 Å². The van der Waals surface area contributed by atoms with E-state index < -0.39 is 0 Å². The molecule has 4 rings (SSSR count). The summed E-state index contributed by atoms with van der Waals surface area (Å²) in [5, 5.41) is 16.6. The third-order valence-corrected chi connectivity index (χ3v) is 5.23. The highest BCUT2D eigenvalue weighted by Crippen LogP contribution is 2.34. The van der Waals surface area contributed by atoms with Gasteiger partial charge in [0.15, 0.2) is 11.5 Å². The Kier molecular flexibility index (Phi) is 5.14. The van der Waals surface area contributed by atoms with Gasteiger partial charge in [-0.15, -0.1) is 0 Å². The van der Waals surface area contributed by atoms with Gasteiger partial charge in [0.2, 0.25) is 11.8 Å². The van der Waals surface area contributed by atoms with Crippen LogP contribution < -0.4 is 19.5 Å². The first-order valence-corrected chi connectivity index (χ1v) is 9.48. The first-order chi connectivity index (χ1) is 14.5. The van der Waals surface area contributed by atoms with Crippen molar-refractivity contribution >= 4 is 11.4 Å². The van der Waals surface area contributed by atoms with Gasteiger partial charge in [0, 0.05) is 24.4 Å². The molecule has 30 heavy (non-hydrogen) atoms. The van der Waals surface area contributed by atoms with Gasteiger partial charge in [0.05, 0.1) is 32.3 Å². The molecule has 1 N–H and O–H groups in total. The molecule has 3 aromatic rings. The second-order valence-electron chi connectivity index (χ2n) is 7.06. The van der Waals surface area contributed by atoms with Crippen molar-refractivity contribution in [2.45, 2.75) is 19.4 Å². The van der Waals surface area contributed by atoms with Gasteiger partial charge in [0.25, 0.3) is 0 Å². The van der Waals surface area contributed by atoms with E-state index >= 15 is 0 Å². The van der Waals surface area contributed by atoms with Gasteiger partial charge in [-0.25, -0.2) is 9.50 Å². The number of aromatic nitrogens is 3. The Morgan fingerprint density at radius 2 is 2.10 bits per heavy atom. The number of nitrogens with one attached hydrogen (secondary N) is 1. The summed E-state index contributed by atoms with van der Waals surface area (Å²) in [6, 6.07) is 7.59. The van der Waals surface area contributed by atoms with Gasteiger partial charge in [-0.3, -0.25) is 4.79 Å². The Balaban J connectivity index is 1.77. The Bertz CT molecular complexity index is 1150. The second-order valence-corrected chi connectivity index (χ2v) is 7.06. The number of methoxy groups -OCH3 is 2. The quantitative estimate of drug-likeness (QED) is 0.667. The van der Waals surface area contributed by atoms with Crippen molar-refractivity contribution < 1.29 is 19.0 Å². The Labute approximate surface area is 173 Å². The summed E-state index contributed by atoms with van der Waals surface area (Å²) in [6.45, 7) is 2.45. The number of hydrogen-bond acceptors (Lipinski definition) is 7. The van der Waals surface area contributed by atoms with Gasteiger partial charge < -0.3 is 19.5 Å². The van der Waals surface area contributed by atoms with E-state index in [2.05, 4.69) is 21.5 Å². The molecule has 3 heterocycles. The van der Waals surface area contributed by atoms with Crippen molar-refractivity contribution in [2.75, 3.05) is 20.8 Å². The van der Waals surface area contributed by atoms with Gasteiger partial charge in [-0.05, 0) is 25.1 Å². The molecule has 1 unspecified atom stereocenters. The minimum absolute atomic E-state index is 0.00898. The maximum Gasteiger partial charge on any atom is 0.242 e. The number of nitrogens with zero attached hydrogens (tertiary/aromatic N) is 4. The van der Waals surface area contributed by atoms with Crippen LogP contribution in [0.3, 0.4) is 0 Å². The maximum atomic E-state index is 11.6. The molecule has 0 bridgehead atoms. The number of benzene rings is 1. The number of fused-ring (bicyclic) bond motifs is 1. The third kappa shape index (κ3) is 3.48. The van der Waals surface area contributed by atoms with E-state index in [0.29, 0.717) is 47.1 Å². The number of ether oxygens (including phenoxy) is 3. The van der Waals surface area contributed by atoms with Crippen LogP contribution in [-0.4, -0.2) is 47.4 Å². The van der Waals surface area contributed by atoms with Crippen LogP contribution in [0.2, 0.25) is 0 Å². The van der Waals surface area contributed by atoms with Crippen LogP contribution >= 0.6 is 0 Å². The fourth-order valence-corrected chi connectivity index (χ4v) is 3.51. The summed E-state index contributed by atoms with van der Waals surface area (Å²) in [4.78, 5) is 16.2. The molecule has 2 aromatic heterocycles. The van der Waals surface area contributed by atoms with Gasteiger partial charge >= 0.3 is 0 Å². The average Bonchev–Trinajstić information content (AvgIpc) is 3.39. The highest BCUT2D eigenvalue weighted by Gasteiger charge is 2.29. The van der Waals surface area contributed by atoms with Crippen LogP contribution in [0, 0.1) is 17.2 Å². The molecular formula is C21H21N5O4. The molecule has 1 amide bonds. The van der Waals surface area contributed by atoms with Crippen molar-refractivity contribution in [3.8, 4) is 34.7 Å². The zero-order valence-electron chi connectivity index (χ0n) is 16.9. The molecule has 1 aliphatic rings. The number of carbonyl (C=O) groups is 1. The molecule has 0 saturated carbocycles. The molecule has 1 aromatic carbocycles. The van der Waals surface area contributed by atoms with Crippen LogP contribution in [0.5, 0.6) is 17.4 Å². The van der Waals surface area contributed by atoms with Crippen LogP contribution in [-0.2, 0) is 4.79 Å². The normalized spacial score (nSPS) is 16.7. The maximum absolute atomic E-state index is 11.6. The Morgan fingerprint density at radius 3 is 2.77 bits per heavy atom. The fourth-order valence-electron chi connectivity index (χ4n) is 3.51. The van der Waals surface area contributed by atoms with Crippen LogP contribution in [0.1, 0.15) is 18.9 Å². The van der Waals surface area contributed by atoms with Crippen molar-refractivity contribution in [2.24, 2.45) is 5.92 Å². The summed E-state index contributed by atoms with van der Waals surface area (Å²) >= 11 is 0. The van der Waals surface area contributed by atoms with E-state index in [1.807, 2.05) is 19.1 Å². The summed E-state index contributed by atoms with van der Waals surface area (Å²) < 4.78 is 18.4. The third-order valence-electron chi connectivity index (χ3n) is 5.23. The minimum atomic E-state index is -0.276. The largest absolute Gasteiger partial charge is 0.493 e. The number of amides is 1. The number of nitriles is 1. The average molecular weight is 407 g/mol. The van der Waals surface area contributed by atoms with E-state index in [9.17, 15) is 10.1 Å². The number of hydrogen-bond donors (Lipinski definition) is 1. The molecule has 0 aliphatic carbocycles. The molecule has 0 spiro atoms. The molecule has 1 aliphatic heterocycles. The van der Waals surface area contributed by atoms with E-state index in [4.69, 9.17) is 14.2 Å². The molecule has 9 nitrogen and oxygen atoms in total. The topological polar surface area (TPSA) is 111 Å². The van der Waals surface area contributed by atoms with E-state index in [1.54, 1.807) is 31.0 Å². The standard InChI is InChI=1S/C21H21N5O4/c1-12(14-7-19(27)23-9-14)30-21-20-15(8-22)10-24-26(20)11-16(25-21)13-4-5-17(28-2)18(6-13)29-3/h4-6,10-12,14H,7,9H2,1-3H3,(H,23,27)/t12?,14-/m1/s1. The lowest BCUT2D eigenvalue weighted by atomic mass is 10.0. The summed E-state index contributed by atoms with van der Waals surface area (Å²) in [7, 11) is 3.14. The van der Waals surface area contributed by atoms with E-state index in [1.165, 1.54) is 6.20 Å². The lowest BCUT2D eigenvalue weighted by Gasteiger charge is -2.20. The lowest BCUT2D eigenvalue weighted by Crippen LogP contribution is -2.26. The summed E-state index contributed by atoms with van der Waals surface area (Å²) in [5.74, 6) is 1.51. The van der Waals surface area contributed by atoms with Crippen molar-refractivity contribution in [3.63, 3.8) is 0 Å². The molecular weight excluding hydrogens is 386 g/mol. The first-order valence-electron chi connectivity index (χ1n) is 9.48. The highest BCUT2D eigenvalue weighted by atomic mass is 16.5. The summed E-state index contributed by atoms with van der Waals surface area (Å²) in [6.07, 6.45) is 3.34. The fraction of sp³-hybridized carbons (Fsp3) is 0.333. The molecule has 9 heteroatoms. The highest BCUT2D eigenvalue weighted by molar-refractivity contribution is 5.78. The lowest BCUT2D eigenvalue weighted by molar-refractivity contribution is -0.119. The smallest absolute Gasteiger partial charge is 0.242 e. The predicted molar refractivity (Wildman–Crippen MR) is 107 cm³/mol. The molecule has 1 fully saturated rings. The Hall–Kier alpha value is -3.80. The zero-order valence-corrected chi connectivity index (χ0v) is 16.9. The van der Waals surface area contributed by atoms with Crippen LogP contribution in [0.15, 0.2) is 30.6 Å². The molecule has 154 valence electrons. The number of rotatable bonds is 6. The minimum Gasteiger partial charge on any atom is -0.493 e. The molecule has 2 atom stereocenters. The van der Waals surface area contributed by atoms with Crippen LogP contribution in [0.25, 0.3) is 16.8 Å². The predicted octanol–water partition coefficient (Wildman–Crippen LogP) is 2.19. The van der Waals surface area contributed by atoms with Crippen LogP contribution in [0.4, 0.5) is 0 Å². The van der Waals surface area contributed by atoms with Crippen molar-refractivity contribution in [3.05, 3.63) is 36.2 Å². The molecule has 0 radical (unpaired) electrons. The van der Waals surface area contributed by atoms with Crippen molar-refractivity contribution in [1.29, 1.82) is 5.26 Å².